The van der Waals surface area contributed by atoms with Crippen LogP contribution in [-0.4, -0.2) is 42.8 Å². The molecule has 0 radical (unpaired) electrons. The van der Waals surface area contributed by atoms with Gasteiger partial charge in [0.05, 0.1) is 0 Å². The molecule has 0 aliphatic carbocycles. The van der Waals surface area contributed by atoms with Crippen LogP contribution >= 0.6 is 23.5 Å². The number of amides is 1. The Morgan fingerprint density at radius 3 is 1.86 bits per heavy atom. The maximum Gasteiger partial charge on any atom is 0.326 e. The first-order chi connectivity index (χ1) is 17.4. The zero-order chi connectivity index (χ0) is 25.5. The lowest BCUT2D eigenvalue weighted by atomic mass is 10.1. The molecule has 3 aromatic carbocycles. The highest BCUT2D eigenvalue weighted by atomic mass is 32.2. The molecule has 0 saturated heterocycles. The molecule has 0 saturated carbocycles. The van der Waals surface area contributed by atoms with E-state index in [1.54, 1.807) is 66.9 Å². The number of para-hydroxylation sites is 1. The Morgan fingerprint density at radius 1 is 0.778 bits per heavy atom. The fourth-order valence-electron chi connectivity index (χ4n) is 3.57. The number of aromatic nitrogens is 1. The smallest absolute Gasteiger partial charge is 0.326 e. The summed E-state index contributed by atoms with van der Waals surface area (Å²) in [5.41, 5.74) is 2.34. The molecule has 0 aliphatic heterocycles. The van der Waals surface area contributed by atoms with Gasteiger partial charge in [-0.05, 0) is 11.6 Å². The van der Waals surface area contributed by atoms with Crippen LogP contribution in [0.1, 0.15) is 26.3 Å². The lowest BCUT2D eigenvalue weighted by molar-refractivity contribution is -0.141. The molecule has 182 valence electrons. The van der Waals surface area contributed by atoms with Crippen molar-refractivity contribution in [3.05, 3.63) is 108 Å². The molecule has 36 heavy (non-hydrogen) atoms. The number of carbonyl (C=O) groups is 4. The van der Waals surface area contributed by atoms with Crippen LogP contribution in [-0.2, 0) is 16.0 Å². The largest absolute Gasteiger partial charge is 0.480 e. The molecule has 0 bridgehead atoms. The van der Waals surface area contributed by atoms with Crippen molar-refractivity contribution in [2.24, 2.45) is 0 Å². The van der Waals surface area contributed by atoms with Gasteiger partial charge in [0, 0.05) is 34.6 Å². The Balaban J connectivity index is 1.54. The molecule has 9 heteroatoms. The van der Waals surface area contributed by atoms with Crippen LogP contribution in [0.15, 0.2) is 91.1 Å². The summed E-state index contributed by atoms with van der Waals surface area (Å²) in [6.45, 7) is 0. The van der Waals surface area contributed by atoms with Crippen LogP contribution in [0.5, 0.6) is 0 Å². The SMILES string of the molecule is O=C(SC(SC(=O)c1ccccc1)C(=O)N[C@@H](Cc1c[nH]c2ccccc12)C(=O)O)c1ccccc1. The van der Waals surface area contributed by atoms with E-state index in [0.29, 0.717) is 34.7 Å². The van der Waals surface area contributed by atoms with E-state index in [9.17, 15) is 24.3 Å². The molecule has 4 aromatic rings. The van der Waals surface area contributed by atoms with Gasteiger partial charge in [0.1, 0.15) is 10.6 Å². The Hall–Kier alpha value is -3.82. The third kappa shape index (κ3) is 6.24. The van der Waals surface area contributed by atoms with Crippen molar-refractivity contribution in [2.45, 2.75) is 17.0 Å². The summed E-state index contributed by atoms with van der Waals surface area (Å²) in [5.74, 6) is -1.93. The monoisotopic (exact) mass is 518 g/mol. The fraction of sp³-hybridized carbons (Fsp3) is 0.111. The standard InChI is InChI=1S/C27H22N2O5S2/c30-23(29-22(24(31)32)15-19-16-28-21-14-8-7-13-20(19)21)27(35-25(33)17-9-3-1-4-10-17)36-26(34)18-11-5-2-6-12-18/h1-14,16,22,27-28H,15H2,(H,29,30)(H,31,32)/t22-/m0/s1. The Bertz CT molecular complexity index is 1340. The third-order valence-electron chi connectivity index (χ3n) is 5.37. The first-order valence-corrected chi connectivity index (χ1v) is 12.8. The Labute approximate surface area is 215 Å². The first kappa shape index (κ1) is 25.3. The Morgan fingerprint density at radius 2 is 1.31 bits per heavy atom. The molecule has 3 N–H and O–H groups in total. The third-order valence-corrected chi connectivity index (χ3v) is 7.71. The van der Waals surface area contributed by atoms with Gasteiger partial charge in [-0.1, -0.05) is 102 Å². The maximum absolute atomic E-state index is 13.3. The van der Waals surface area contributed by atoms with Gasteiger partial charge in [0.2, 0.25) is 16.1 Å². The summed E-state index contributed by atoms with van der Waals surface area (Å²) in [5, 5.41) is 12.4. The average Bonchev–Trinajstić information content (AvgIpc) is 3.31. The number of nitrogens with one attached hydrogen (secondary N) is 2. The number of hydrogen-bond acceptors (Lipinski definition) is 6. The van der Waals surface area contributed by atoms with Crippen molar-refractivity contribution in [1.82, 2.24) is 10.3 Å². The van der Waals surface area contributed by atoms with Gasteiger partial charge in [-0.15, -0.1) is 0 Å². The van der Waals surface area contributed by atoms with Crippen LogP contribution < -0.4 is 5.32 Å². The molecule has 1 amide bonds. The van der Waals surface area contributed by atoms with Crippen molar-refractivity contribution in [1.29, 1.82) is 0 Å². The van der Waals surface area contributed by atoms with Crippen LogP contribution in [0.25, 0.3) is 10.9 Å². The van der Waals surface area contributed by atoms with Crippen molar-refractivity contribution >= 4 is 56.5 Å². The summed E-state index contributed by atoms with van der Waals surface area (Å²) in [6.07, 6.45) is 1.75. The number of benzene rings is 3. The van der Waals surface area contributed by atoms with E-state index in [1.165, 1.54) is 0 Å². The van der Waals surface area contributed by atoms with Crippen LogP contribution in [0, 0.1) is 0 Å². The Kier molecular flexibility index (Phi) is 8.24. The van der Waals surface area contributed by atoms with Crippen molar-refractivity contribution in [3.63, 3.8) is 0 Å². The number of aliphatic carboxylic acids is 1. The molecule has 1 heterocycles. The maximum atomic E-state index is 13.3. The topological polar surface area (TPSA) is 116 Å². The number of rotatable bonds is 9. The lowest BCUT2D eigenvalue weighted by Crippen LogP contribution is -2.45. The fourth-order valence-corrected chi connectivity index (χ4v) is 5.57. The molecule has 1 aromatic heterocycles. The highest BCUT2D eigenvalue weighted by Crippen LogP contribution is 2.30. The number of carboxylic acids is 1. The normalized spacial score (nSPS) is 11.8. The molecule has 0 aliphatic rings. The molecule has 7 nitrogen and oxygen atoms in total. The molecule has 1 atom stereocenters. The van der Waals surface area contributed by atoms with Crippen LogP contribution in [0.3, 0.4) is 0 Å². The molecule has 0 spiro atoms. The number of H-pyrrole nitrogens is 1. The summed E-state index contributed by atoms with van der Waals surface area (Å²) in [4.78, 5) is 54.1. The number of thioether (sulfide) groups is 2. The molecule has 0 unspecified atom stereocenters. The van der Waals surface area contributed by atoms with Crippen molar-refractivity contribution < 1.29 is 24.3 Å². The van der Waals surface area contributed by atoms with E-state index in [4.69, 9.17) is 0 Å². The first-order valence-electron chi connectivity index (χ1n) is 11.0. The van der Waals surface area contributed by atoms with Gasteiger partial charge in [-0.2, -0.15) is 0 Å². The van der Waals surface area contributed by atoms with Crippen LogP contribution in [0.4, 0.5) is 0 Å². The second-order valence-electron chi connectivity index (χ2n) is 7.84. The lowest BCUT2D eigenvalue weighted by Gasteiger charge is -2.19. The predicted octanol–water partition coefficient (Wildman–Crippen LogP) is 4.75. The van der Waals surface area contributed by atoms with E-state index in [-0.39, 0.29) is 6.42 Å². The average molecular weight is 519 g/mol. The zero-order valence-electron chi connectivity index (χ0n) is 18.9. The summed E-state index contributed by atoms with van der Waals surface area (Å²) >= 11 is 1.37. The quantitative estimate of drug-likeness (QED) is 0.274. The van der Waals surface area contributed by atoms with Gasteiger partial charge in [-0.3, -0.25) is 14.4 Å². The van der Waals surface area contributed by atoms with Gasteiger partial charge in [-0.25, -0.2) is 4.79 Å². The van der Waals surface area contributed by atoms with E-state index >= 15 is 0 Å². The molecular weight excluding hydrogens is 496 g/mol. The van der Waals surface area contributed by atoms with E-state index in [2.05, 4.69) is 10.3 Å². The number of carbonyl (C=O) groups excluding carboxylic acids is 3. The highest BCUT2D eigenvalue weighted by Gasteiger charge is 2.31. The second kappa shape index (κ2) is 11.7. The number of fused-ring (bicyclic) bond motifs is 1. The second-order valence-corrected chi connectivity index (χ2v) is 10.3. The zero-order valence-corrected chi connectivity index (χ0v) is 20.6. The number of aromatic amines is 1. The summed E-state index contributed by atoms with van der Waals surface area (Å²) < 4.78 is -1.18. The molecule has 4 rings (SSSR count). The van der Waals surface area contributed by atoms with Crippen molar-refractivity contribution in [2.75, 3.05) is 0 Å². The van der Waals surface area contributed by atoms with Gasteiger partial charge in [0.15, 0.2) is 0 Å². The number of hydrogen-bond donors (Lipinski definition) is 3. The molecule has 0 fully saturated rings. The van der Waals surface area contributed by atoms with E-state index < -0.39 is 32.7 Å². The van der Waals surface area contributed by atoms with Gasteiger partial charge in [0.25, 0.3) is 0 Å². The minimum absolute atomic E-state index is 0.0341. The van der Waals surface area contributed by atoms with Crippen molar-refractivity contribution in [3.8, 4) is 0 Å². The molecular formula is C27H22N2O5S2. The minimum Gasteiger partial charge on any atom is -0.480 e. The predicted molar refractivity (Wildman–Crippen MR) is 142 cm³/mol. The summed E-state index contributed by atoms with van der Waals surface area (Å²) in [6, 6.07) is 23.0. The van der Waals surface area contributed by atoms with Gasteiger partial charge >= 0.3 is 5.97 Å². The van der Waals surface area contributed by atoms with E-state index in [1.807, 2.05) is 24.3 Å². The number of carboxylic acid groups (broad SMARTS) is 1. The van der Waals surface area contributed by atoms with E-state index in [0.717, 1.165) is 16.5 Å². The summed E-state index contributed by atoms with van der Waals surface area (Å²) in [7, 11) is 0. The van der Waals surface area contributed by atoms with Gasteiger partial charge < -0.3 is 15.4 Å². The van der Waals surface area contributed by atoms with Crippen LogP contribution in [0.2, 0.25) is 0 Å². The highest BCUT2D eigenvalue weighted by molar-refractivity contribution is 8.31. The minimum atomic E-state index is -1.25.